The highest BCUT2D eigenvalue weighted by Crippen LogP contribution is 2.27. The van der Waals surface area contributed by atoms with E-state index in [1.807, 2.05) is 20.8 Å². The van der Waals surface area contributed by atoms with Gasteiger partial charge < -0.3 is 10.2 Å². The zero-order valence-electron chi connectivity index (χ0n) is 22.4. The van der Waals surface area contributed by atoms with Gasteiger partial charge in [-0.2, -0.15) is 0 Å². The fraction of sp³-hybridized carbons (Fsp3) is 0.310. The van der Waals surface area contributed by atoms with Crippen LogP contribution in [0.2, 0.25) is 5.02 Å². The monoisotopic (exact) mass is 633 g/mol. The fourth-order valence-corrected chi connectivity index (χ4v) is 5.88. The minimum atomic E-state index is -4.12. The number of sulfonamides is 1. The number of anilines is 1. The van der Waals surface area contributed by atoms with Gasteiger partial charge in [0, 0.05) is 22.1 Å². The molecule has 0 aliphatic heterocycles. The third-order valence-corrected chi connectivity index (χ3v) is 8.91. The smallest absolute Gasteiger partial charge is 0.264 e. The van der Waals surface area contributed by atoms with Crippen molar-refractivity contribution in [1.82, 2.24) is 10.2 Å². The summed E-state index contributed by atoms with van der Waals surface area (Å²) >= 11 is 9.58. The zero-order chi connectivity index (χ0) is 28.7. The van der Waals surface area contributed by atoms with Crippen molar-refractivity contribution in [2.75, 3.05) is 10.8 Å². The number of carbonyl (C=O) groups excluding carboxylic acids is 2. The summed E-state index contributed by atoms with van der Waals surface area (Å²) in [5.74, 6) is -0.854. The number of nitrogens with zero attached hydrogens (tertiary/aromatic N) is 2. The summed E-state index contributed by atoms with van der Waals surface area (Å²) in [6.45, 7) is 6.91. The molecule has 0 aliphatic carbocycles. The van der Waals surface area contributed by atoms with Crippen molar-refractivity contribution in [3.8, 4) is 0 Å². The second kappa shape index (κ2) is 13.5. The number of aryl methyl sites for hydroxylation is 1. The number of nitrogens with one attached hydrogen (secondary N) is 1. The molecule has 0 aliphatic rings. The standard InChI is InChI=1S/C29H33BrClN3O4S/c1-5-21(3)32-29(36)22(4)33(18-23-8-6-10-25(31)16-23)28(35)19-34(26-11-7-9-24(30)17-26)39(37,38)27-14-12-20(2)13-15-27/h6-17,21-22H,5,18-19H2,1-4H3,(H,32,36)/t21-,22+/m1/s1. The maximum absolute atomic E-state index is 13.9. The quantitative estimate of drug-likeness (QED) is 0.283. The van der Waals surface area contributed by atoms with Crippen LogP contribution in [0.25, 0.3) is 0 Å². The number of amides is 2. The van der Waals surface area contributed by atoms with Crippen LogP contribution in [-0.2, 0) is 26.2 Å². The van der Waals surface area contributed by atoms with E-state index in [1.165, 1.54) is 17.0 Å². The molecule has 0 heterocycles. The van der Waals surface area contributed by atoms with Crippen LogP contribution < -0.4 is 9.62 Å². The molecule has 10 heteroatoms. The van der Waals surface area contributed by atoms with Crippen molar-refractivity contribution in [3.63, 3.8) is 0 Å². The van der Waals surface area contributed by atoms with E-state index >= 15 is 0 Å². The Balaban J connectivity index is 2.03. The number of hydrogen-bond acceptors (Lipinski definition) is 4. The predicted octanol–water partition coefficient (Wildman–Crippen LogP) is 5.94. The van der Waals surface area contributed by atoms with E-state index in [0.717, 1.165) is 21.9 Å². The summed E-state index contributed by atoms with van der Waals surface area (Å²) in [6.07, 6.45) is 0.728. The Hall–Kier alpha value is -2.88. The Morgan fingerprint density at radius 2 is 1.67 bits per heavy atom. The first-order valence-corrected chi connectivity index (χ1v) is 15.2. The molecule has 3 rings (SSSR count). The maximum atomic E-state index is 13.9. The zero-order valence-corrected chi connectivity index (χ0v) is 25.6. The highest BCUT2D eigenvalue weighted by Gasteiger charge is 2.32. The normalized spacial score (nSPS) is 12.9. The van der Waals surface area contributed by atoms with Crippen LogP contribution in [0, 0.1) is 6.92 Å². The molecule has 2 atom stereocenters. The van der Waals surface area contributed by atoms with Crippen LogP contribution in [0.5, 0.6) is 0 Å². The van der Waals surface area contributed by atoms with Gasteiger partial charge in [-0.25, -0.2) is 8.42 Å². The summed E-state index contributed by atoms with van der Waals surface area (Å²) in [5.41, 5.74) is 1.94. The molecule has 7 nitrogen and oxygen atoms in total. The lowest BCUT2D eigenvalue weighted by molar-refractivity contribution is -0.139. The largest absolute Gasteiger partial charge is 0.352 e. The van der Waals surface area contributed by atoms with Crippen LogP contribution in [0.4, 0.5) is 5.69 Å². The second-order valence-electron chi connectivity index (χ2n) is 9.45. The lowest BCUT2D eigenvalue weighted by atomic mass is 10.1. The molecule has 3 aromatic rings. The molecule has 0 spiro atoms. The number of rotatable bonds is 11. The van der Waals surface area contributed by atoms with E-state index in [1.54, 1.807) is 67.6 Å². The molecule has 0 saturated carbocycles. The minimum Gasteiger partial charge on any atom is -0.352 e. The topological polar surface area (TPSA) is 86.8 Å². The molecule has 0 saturated heterocycles. The molecule has 0 aromatic heterocycles. The Labute approximate surface area is 244 Å². The van der Waals surface area contributed by atoms with Gasteiger partial charge in [-0.15, -0.1) is 0 Å². The first-order chi connectivity index (χ1) is 18.4. The average Bonchev–Trinajstić information content (AvgIpc) is 2.89. The Bertz CT molecular complexity index is 1420. The number of carbonyl (C=O) groups is 2. The lowest BCUT2D eigenvalue weighted by Crippen LogP contribution is -2.52. The SMILES string of the molecule is CC[C@@H](C)NC(=O)[C@H](C)N(Cc1cccc(Cl)c1)C(=O)CN(c1cccc(Br)c1)S(=O)(=O)c1ccc(C)cc1. The van der Waals surface area contributed by atoms with Crippen molar-refractivity contribution in [1.29, 1.82) is 0 Å². The Kier molecular flexibility index (Phi) is 10.6. The fourth-order valence-electron chi connectivity index (χ4n) is 3.88. The molecule has 0 radical (unpaired) electrons. The summed E-state index contributed by atoms with van der Waals surface area (Å²) in [7, 11) is -4.12. The number of benzene rings is 3. The van der Waals surface area contributed by atoms with Gasteiger partial charge in [-0.3, -0.25) is 13.9 Å². The molecule has 0 bridgehead atoms. The van der Waals surface area contributed by atoms with Crippen molar-refractivity contribution in [3.05, 3.63) is 93.4 Å². The molecule has 39 heavy (non-hydrogen) atoms. The van der Waals surface area contributed by atoms with Gasteiger partial charge >= 0.3 is 0 Å². The molecular weight excluding hydrogens is 602 g/mol. The van der Waals surface area contributed by atoms with E-state index < -0.39 is 28.5 Å². The lowest BCUT2D eigenvalue weighted by Gasteiger charge is -2.32. The molecule has 1 N–H and O–H groups in total. The van der Waals surface area contributed by atoms with Crippen LogP contribution in [0.1, 0.15) is 38.3 Å². The van der Waals surface area contributed by atoms with Gasteiger partial charge in [0.05, 0.1) is 10.6 Å². The van der Waals surface area contributed by atoms with Crippen molar-refractivity contribution >= 4 is 55.1 Å². The Morgan fingerprint density at radius 1 is 1.00 bits per heavy atom. The average molecular weight is 635 g/mol. The molecular formula is C29H33BrClN3O4S. The highest BCUT2D eigenvalue weighted by atomic mass is 79.9. The van der Waals surface area contributed by atoms with E-state index in [0.29, 0.717) is 15.2 Å². The Morgan fingerprint density at radius 3 is 2.28 bits per heavy atom. The highest BCUT2D eigenvalue weighted by molar-refractivity contribution is 9.10. The maximum Gasteiger partial charge on any atom is 0.264 e. The first-order valence-electron chi connectivity index (χ1n) is 12.6. The van der Waals surface area contributed by atoms with E-state index in [-0.39, 0.29) is 23.4 Å². The third kappa shape index (κ3) is 8.06. The van der Waals surface area contributed by atoms with E-state index in [2.05, 4.69) is 21.2 Å². The van der Waals surface area contributed by atoms with E-state index in [9.17, 15) is 18.0 Å². The predicted molar refractivity (Wildman–Crippen MR) is 159 cm³/mol. The molecule has 0 fully saturated rings. The molecule has 2 amide bonds. The molecule has 0 unspecified atom stereocenters. The minimum absolute atomic E-state index is 0.0600. The second-order valence-corrected chi connectivity index (χ2v) is 12.7. The third-order valence-electron chi connectivity index (χ3n) is 6.39. The summed E-state index contributed by atoms with van der Waals surface area (Å²) in [4.78, 5) is 28.5. The number of hydrogen-bond donors (Lipinski definition) is 1. The van der Waals surface area contributed by atoms with Gasteiger partial charge in [0.2, 0.25) is 11.8 Å². The van der Waals surface area contributed by atoms with E-state index in [4.69, 9.17) is 11.6 Å². The van der Waals surface area contributed by atoms with Crippen LogP contribution in [0.3, 0.4) is 0 Å². The molecule has 208 valence electrons. The van der Waals surface area contributed by atoms with Crippen molar-refractivity contribution < 1.29 is 18.0 Å². The number of halogens is 2. The van der Waals surface area contributed by atoms with Gasteiger partial charge in [0.25, 0.3) is 10.0 Å². The van der Waals surface area contributed by atoms with Gasteiger partial charge in [0.15, 0.2) is 0 Å². The first kappa shape index (κ1) is 30.7. The van der Waals surface area contributed by atoms with Crippen LogP contribution in [-0.4, -0.2) is 43.8 Å². The van der Waals surface area contributed by atoms with Crippen molar-refractivity contribution in [2.24, 2.45) is 0 Å². The van der Waals surface area contributed by atoms with Gasteiger partial charge in [-0.05, 0) is 75.2 Å². The summed E-state index contributed by atoms with van der Waals surface area (Å²) in [5, 5.41) is 3.41. The van der Waals surface area contributed by atoms with Crippen molar-refractivity contribution in [2.45, 2.75) is 57.6 Å². The van der Waals surface area contributed by atoms with Crippen LogP contribution >= 0.6 is 27.5 Å². The summed E-state index contributed by atoms with van der Waals surface area (Å²) in [6, 6.07) is 19.3. The molecule has 3 aromatic carbocycles. The van der Waals surface area contributed by atoms with Gasteiger partial charge in [0.1, 0.15) is 12.6 Å². The summed E-state index contributed by atoms with van der Waals surface area (Å²) < 4.78 is 29.4. The van der Waals surface area contributed by atoms with Gasteiger partial charge in [-0.1, -0.05) is 70.3 Å². The van der Waals surface area contributed by atoms with Crippen LogP contribution in [0.15, 0.2) is 82.2 Å².